The maximum atomic E-state index is 12.9. The molecule has 4 rings (SSSR count). The summed E-state index contributed by atoms with van der Waals surface area (Å²) in [5.41, 5.74) is 0.183. The van der Waals surface area contributed by atoms with Gasteiger partial charge in [-0.1, -0.05) is 41.1 Å². The lowest BCUT2D eigenvalue weighted by molar-refractivity contribution is -0.143. The standard InChI is InChI=1S/C17H13ClF3N7S/c1-27-13(17(19,20)21)8-12(25-27)15-23-24-16(29-15)22-14-6-7-28(26-14)9-10-4-2-3-5-11(10)18/h2-8H,9H2,1H3,(H,22,24,26). The number of rotatable bonds is 5. The number of halogens is 4. The number of benzene rings is 1. The number of hydrogen-bond acceptors (Lipinski definition) is 6. The van der Waals surface area contributed by atoms with E-state index in [1.165, 1.54) is 7.05 Å². The van der Waals surface area contributed by atoms with Crippen molar-refractivity contribution >= 4 is 33.9 Å². The van der Waals surface area contributed by atoms with Crippen LogP contribution >= 0.6 is 22.9 Å². The maximum Gasteiger partial charge on any atom is 0.433 e. The van der Waals surface area contributed by atoms with Crippen LogP contribution in [0.25, 0.3) is 10.7 Å². The summed E-state index contributed by atoms with van der Waals surface area (Å²) in [5.74, 6) is 0.525. The Morgan fingerprint density at radius 1 is 1.14 bits per heavy atom. The van der Waals surface area contributed by atoms with E-state index in [0.29, 0.717) is 22.5 Å². The van der Waals surface area contributed by atoms with Crippen molar-refractivity contribution < 1.29 is 13.2 Å². The molecule has 4 aromatic rings. The fourth-order valence-corrected chi connectivity index (χ4v) is 3.54. The van der Waals surface area contributed by atoms with Gasteiger partial charge in [-0.2, -0.15) is 23.4 Å². The lowest BCUT2D eigenvalue weighted by Crippen LogP contribution is -2.11. The van der Waals surface area contributed by atoms with Crippen LogP contribution in [0, 0.1) is 0 Å². The first-order valence-electron chi connectivity index (χ1n) is 8.28. The van der Waals surface area contributed by atoms with Crippen molar-refractivity contribution in [1.82, 2.24) is 29.8 Å². The van der Waals surface area contributed by atoms with Crippen LogP contribution in [-0.4, -0.2) is 29.8 Å². The lowest BCUT2D eigenvalue weighted by Gasteiger charge is -2.04. The minimum atomic E-state index is -4.49. The largest absolute Gasteiger partial charge is 0.433 e. The van der Waals surface area contributed by atoms with Gasteiger partial charge in [-0.05, 0) is 17.7 Å². The molecule has 3 heterocycles. The van der Waals surface area contributed by atoms with Gasteiger partial charge < -0.3 is 5.32 Å². The number of nitrogens with zero attached hydrogens (tertiary/aromatic N) is 6. The smallest absolute Gasteiger partial charge is 0.313 e. The Balaban J connectivity index is 1.48. The van der Waals surface area contributed by atoms with Gasteiger partial charge in [0.1, 0.15) is 11.4 Å². The van der Waals surface area contributed by atoms with Crippen LogP contribution in [0.15, 0.2) is 42.6 Å². The molecule has 0 fully saturated rings. The molecule has 12 heteroatoms. The molecule has 29 heavy (non-hydrogen) atoms. The minimum Gasteiger partial charge on any atom is -0.313 e. The highest BCUT2D eigenvalue weighted by Gasteiger charge is 2.35. The first-order chi connectivity index (χ1) is 13.8. The summed E-state index contributed by atoms with van der Waals surface area (Å²) in [6, 6.07) is 10.2. The van der Waals surface area contributed by atoms with Gasteiger partial charge in [0, 0.05) is 24.3 Å². The molecule has 0 aliphatic heterocycles. The Bertz CT molecular complexity index is 1150. The third-order valence-corrected chi connectivity index (χ3v) is 5.21. The van der Waals surface area contributed by atoms with E-state index >= 15 is 0 Å². The van der Waals surface area contributed by atoms with Crippen molar-refractivity contribution in [3.8, 4) is 10.7 Å². The molecule has 0 saturated carbocycles. The van der Waals surface area contributed by atoms with E-state index in [1.807, 2.05) is 24.3 Å². The van der Waals surface area contributed by atoms with Crippen molar-refractivity contribution in [3.63, 3.8) is 0 Å². The van der Waals surface area contributed by atoms with Crippen molar-refractivity contribution in [2.75, 3.05) is 5.32 Å². The fourth-order valence-electron chi connectivity index (χ4n) is 2.64. The monoisotopic (exact) mass is 439 g/mol. The predicted octanol–water partition coefficient (Wildman–Crippen LogP) is 4.60. The number of nitrogens with one attached hydrogen (secondary N) is 1. The highest BCUT2D eigenvalue weighted by atomic mass is 35.5. The lowest BCUT2D eigenvalue weighted by atomic mass is 10.2. The molecule has 0 atom stereocenters. The summed E-state index contributed by atoms with van der Waals surface area (Å²) in [7, 11) is 1.23. The molecular weight excluding hydrogens is 427 g/mol. The summed E-state index contributed by atoms with van der Waals surface area (Å²) in [6.45, 7) is 0.497. The number of alkyl halides is 3. The first-order valence-corrected chi connectivity index (χ1v) is 9.48. The highest BCUT2D eigenvalue weighted by molar-refractivity contribution is 7.18. The Hall–Kier alpha value is -2.92. The van der Waals surface area contributed by atoms with Crippen LogP contribution < -0.4 is 5.32 Å². The Labute approximate surface area is 171 Å². The van der Waals surface area contributed by atoms with E-state index in [2.05, 4.69) is 25.7 Å². The topological polar surface area (TPSA) is 73.5 Å². The van der Waals surface area contributed by atoms with Gasteiger partial charge in [0.25, 0.3) is 0 Å². The van der Waals surface area contributed by atoms with E-state index in [4.69, 9.17) is 11.6 Å². The molecule has 150 valence electrons. The summed E-state index contributed by atoms with van der Waals surface area (Å²) < 4.78 is 41.3. The predicted molar refractivity (Wildman–Crippen MR) is 103 cm³/mol. The second kappa shape index (κ2) is 7.48. The summed E-state index contributed by atoms with van der Waals surface area (Å²) in [6.07, 6.45) is -2.71. The maximum absolute atomic E-state index is 12.9. The Morgan fingerprint density at radius 2 is 1.93 bits per heavy atom. The zero-order valence-corrected chi connectivity index (χ0v) is 16.4. The van der Waals surface area contributed by atoms with Crippen LogP contribution in [0.4, 0.5) is 24.1 Å². The van der Waals surface area contributed by atoms with Crippen molar-refractivity contribution in [2.24, 2.45) is 7.05 Å². The summed E-state index contributed by atoms with van der Waals surface area (Å²) in [4.78, 5) is 0. The second-order valence-electron chi connectivity index (χ2n) is 6.06. The van der Waals surface area contributed by atoms with Crippen molar-refractivity contribution in [1.29, 1.82) is 0 Å². The quantitative estimate of drug-likeness (QED) is 0.492. The van der Waals surface area contributed by atoms with Crippen LogP contribution in [0.1, 0.15) is 11.3 Å². The first kappa shape index (κ1) is 19.4. The molecule has 0 saturated heterocycles. The fraction of sp³-hybridized carbons (Fsp3) is 0.176. The van der Waals surface area contributed by atoms with Gasteiger partial charge in [-0.3, -0.25) is 9.36 Å². The number of aromatic nitrogens is 6. The molecule has 1 N–H and O–H groups in total. The van der Waals surface area contributed by atoms with E-state index in [-0.39, 0.29) is 10.7 Å². The molecule has 0 aliphatic rings. The molecule has 0 bridgehead atoms. The SMILES string of the molecule is Cn1nc(-c2nnc(Nc3ccn(Cc4ccccc4Cl)n3)s2)cc1C(F)(F)F. The van der Waals surface area contributed by atoms with Crippen LogP contribution in [0.3, 0.4) is 0 Å². The third kappa shape index (κ3) is 4.25. The Kier molecular flexibility index (Phi) is 5.01. The van der Waals surface area contributed by atoms with Crippen LogP contribution in [-0.2, 0) is 19.8 Å². The molecule has 0 spiro atoms. The van der Waals surface area contributed by atoms with Gasteiger partial charge in [0.2, 0.25) is 5.13 Å². The van der Waals surface area contributed by atoms with Gasteiger partial charge in [0.15, 0.2) is 10.8 Å². The number of anilines is 2. The molecular formula is C17H13ClF3N7S. The van der Waals surface area contributed by atoms with E-state index in [0.717, 1.165) is 27.6 Å². The number of hydrogen-bond donors (Lipinski definition) is 1. The molecule has 0 amide bonds. The molecule has 1 aromatic carbocycles. The van der Waals surface area contributed by atoms with Crippen LogP contribution in [0.2, 0.25) is 5.02 Å². The third-order valence-electron chi connectivity index (χ3n) is 3.98. The van der Waals surface area contributed by atoms with E-state index < -0.39 is 11.9 Å². The average molecular weight is 440 g/mol. The number of aryl methyl sites for hydroxylation is 1. The van der Waals surface area contributed by atoms with Crippen molar-refractivity contribution in [3.05, 3.63) is 58.9 Å². The second-order valence-corrected chi connectivity index (χ2v) is 7.45. The Morgan fingerprint density at radius 3 is 2.66 bits per heavy atom. The van der Waals surface area contributed by atoms with Gasteiger partial charge >= 0.3 is 6.18 Å². The van der Waals surface area contributed by atoms with Crippen LogP contribution in [0.5, 0.6) is 0 Å². The van der Waals surface area contributed by atoms with E-state index in [1.54, 1.807) is 16.9 Å². The molecule has 0 aliphatic carbocycles. The average Bonchev–Trinajstić information content (AvgIpc) is 3.37. The molecule has 3 aromatic heterocycles. The summed E-state index contributed by atoms with van der Waals surface area (Å²) in [5, 5.41) is 20.4. The molecule has 0 radical (unpaired) electrons. The normalized spacial score (nSPS) is 11.8. The van der Waals surface area contributed by atoms with E-state index in [9.17, 15) is 13.2 Å². The van der Waals surface area contributed by atoms with Gasteiger partial charge in [-0.15, -0.1) is 10.2 Å². The molecule has 0 unspecified atom stereocenters. The molecule has 7 nitrogen and oxygen atoms in total. The zero-order chi connectivity index (χ0) is 20.6. The summed E-state index contributed by atoms with van der Waals surface area (Å²) >= 11 is 7.24. The van der Waals surface area contributed by atoms with Gasteiger partial charge in [0.05, 0.1) is 6.54 Å². The van der Waals surface area contributed by atoms with Crippen molar-refractivity contribution in [2.45, 2.75) is 12.7 Å². The zero-order valence-electron chi connectivity index (χ0n) is 14.9. The minimum absolute atomic E-state index is 0.106. The van der Waals surface area contributed by atoms with Gasteiger partial charge in [-0.25, -0.2) is 0 Å². The highest BCUT2D eigenvalue weighted by Crippen LogP contribution is 2.33.